The molecule has 0 aromatic carbocycles. The smallest absolute Gasteiger partial charge is 0.225 e. The highest BCUT2D eigenvalue weighted by Crippen LogP contribution is 2.42. The Morgan fingerprint density at radius 2 is 1.96 bits per heavy atom. The largest absolute Gasteiger partial charge is 0.344 e. The van der Waals surface area contributed by atoms with Gasteiger partial charge in [0.15, 0.2) is 0 Å². The van der Waals surface area contributed by atoms with E-state index in [9.17, 15) is 4.79 Å². The zero-order chi connectivity index (χ0) is 14.8. The van der Waals surface area contributed by atoms with E-state index in [-0.39, 0.29) is 30.7 Å². The summed E-state index contributed by atoms with van der Waals surface area (Å²) < 4.78 is 1.87. The maximum absolute atomic E-state index is 12.7. The van der Waals surface area contributed by atoms with E-state index in [0.29, 0.717) is 23.8 Å². The first-order valence-electron chi connectivity index (χ1n) is 8.13. The molecule has 0 radical (unpaired) electrons. The Labute approximate surface area is 150 Å². The average molecular weight is 363 g/mol. The van der Waals surface area contributed by atoms with Crippen LogP contribution in [-0.2, 0) is 11.3 Å². The van der Waals surface area contributed by atoms with Gasteiger partial charge in [0.05, 0.1) is 6.54 Å². The molecule has 0 saturated heterocycles. The monoisotopic (exact) mass is 362 g/mol. The summed E-state index contributed by atoms with van der Waals surface area (Å²) in [5.74, 6) is 1.60. The van der Waals surface area contributed by atoms with E-state index in [1.165, 1.54) is 19.3 Å². The van der Waals surface area contributed by atoms with Crippen LogP contribution in [0.4, 0.5) is 0 Å². The van der Waals surface area contributed by atoms with Gasteiger partial charge in [-0.25, -0.2) is 0 Å². The quantitative estimate of drug-likeness (QED) is 0.893. The average Bonchev–Trinajstić information content (AvgIpc) is 2.97. The number of likely N-dealkylation sites (N-methyl/N-ethyl adjacent to an activating group) is 1. The van der Waals surface area contributed by atoms with E-state index in [2.05, 4.69) is 5.10 Å². The van der Waals surface area contributed by atoms with Gasteiger partial charge in [-0.05, 0) is 43.6 Å². The van der Waals surface area contributed by atoms with Crippen molar-refractivity contribution in [2.24, 2.45) is 23.5 Å². The lowest BCUT2D eigenvalue weighted by molar-refractivity contribution is -0.137. The first-order valence-corrected chi connectivity index (χ1v) is 8.13. The molecule has 1 aromatic heterocycles. The second kappa shape index (κ2) is 8.90. The van der Waals surface area contributed by atoms with Gasteiger partial charge in [0.25, 0.3) is 0 Å². The van der Waals surface area contributed by atoms with E-state index >= 15 is 0 Å². The molecule has 1 heterocycles. The van der Waals surface area contributed by atoms with Crippen molar-refractivity contribution in [2.45, 2.75) is 44.7 Å². The van der Waals surface area contributed by atoms with Gasteiger partial charge in [-0.2, -0.15) is 5.10 Å². The van der Waals surface area contributed by atoms with Crippen LogP contribution in [0.25, 0.3) is 0 Å². The van der Waals surface area contributed by atoms with Gasteiger partial charge >= 0.3 is 0 Å². The maximum atomic E-state index is 12.7. The Bertz CT molecular complexity index is 468. The highest BCUT2D eigenvalue weighted by atomic mass is 35.5. The summed E-state index contributed by atoms with van der Waals surface area (Å²) in [4.78, 5) is 14.5. The van der Waals surface area contributed by atoms with Crippen molar-refractivity contribution in [3.8, 4) is 0 Å². The second-order valence-electron chi connectivity index (χ2n) is 6.73. The van der Waals surface area contributed by atoms with Gasteiger partial charge in [-0.15, -0.1) is 24.8 Å². The van der Waals surface area contributed by atoms with Gasteiger partial charge < -0.3 is 10.6 Å². The second-order valence-corrected chi connectivity index (χ2v) is 6.73. The van der Waals surface area contributed by atoms with Gasteiger partial charge in [0.2, 0.25) is 5.91 Å². The number of fused-ring (bicyclic) bond motifs is 2. The van der Waals surface area contributed by atoms with Crippen molar-refractivity contribution in [1.82, 2.24) is 14.7 Å². The zero-order valence-electron chi connectivity index (χ0n) is 13.6. The van der Waals surface area contributed by atoms with Crippen LogP contribution in [0.3, 0.4) is 0 Å². The highest BCUT2D eigenvalue weighted by molar-refractivity contribution is 5.85. The molecular weight excluding hydrogens is 335 g/mol. The summed E-state index contributed by atoms with van der Waals surface area (Å²) in [6.07, 6.45) is 9.38. The minimum absolute atomic E-state index is 0. The van der Waals surface area contributed by atoms with Gasteiger partial charge in [0.1, 0.15) is 0 Å². The molecule has 0 aliphatic heterocycles. The van der Waals surface area contributed by atoms with E-state index in [4.69, 9.17) is 5.73 Å². The number of halogens is 2. The van der Waals surface area contributed by atoms with Crippen molar-refractivity contribution in [2.75, 3.05) is 13.6 Å². The minimum Gasteiger partial charge on any atom is -0.344 e. The van der Waals surface area contributed by atoms with Crippen molar-refractivity contribution < 1.29 is 4.79 Å². The Hall–Kier alpha value is -0.780. The fraction of sp³-hybridized carbons (Fsp3) is 0.750. The van der Waals surface area contributed by atoms with Crippen LogP contribution in [0.2, 0.25) is 0 Å². The van der Waals surface area contributed by atoms with Crippen molar-refractivity contribution in [3.05, 3.63) is 18.5 Å². The molecule has 2 unspecified atom stereocenters. The molecule has 2 bridgehead atoms. The van der Waals surface area contributed by atoms with Crippen molar-refractivity contribution >= 4 is 30.7 Å². The molecule has 2 aliphatic carbocycles. The first kappa shape index (κ1) is 20.3. The van der Waals surface area contributed by atoms with E-state index in [0.717, 1.165) is 25.9 Å². The van der Waals surface area contributed by atoms with Crippen LogP contribution in [-0.4, -0.2) is 40.2 Å². The molecular formula is C16H28Cl2N4O. The minimum atomic E-state index is 0. The van der Waals surface area contributed by atoms with Crippen LogP contribution < -0.4 is 5.73 Å². The molecule has 1 amide bonds. The number of rotatable bonds is 4. The summed E-state index contributed by atoms with van der Waals surface area (Å²) in [5.41, 5.74) is 6.31. The molecule has 0 spiro atoms. The molecule has 2 atom stereocenters. The third kappa shape index (κ3) is 4.61. The molecule has 5 nitrogen and oxygen atoms in total. The van der Waals surface area contributed by atoms with Gasteiger partial charge in [-0.3, -0.25) is 9.48 Å². The molecule has 7 heteroatoms. The summed E-state index contributed by atoms with van der Waals surface area (Å²) in [5, 5.41) is 4.18. The topological polar surface area (TPSA) is 64.2 Å². The number of nitrogens with zero attached hydrogens (tertiary/aromatic N) is 3. The van der Waals surface area contributed by atoms with Gasteiger partial charge in [-0.1, -0.05) is 6.42 Å². The maximum Gasteiger partial charge on any atom is 0.225 e. The van der Waals surface area contributed by atoms with E-state index in [1.807, 2.05) is 28.9 Å². The third-order valence-corrected chi connectivity index (χ3v) is 5.36. The Morgan fingerprint density at radius 1 is 1.30 bits per heavy atom. The fourth-order valence-electron chi connectivity index (χ4n) is 4.10. The standard InChI is InChI=1S/C16H26N4O.2ClH/c1-19(8-9-20-7-3-6-18-20)16(21)14-10-12-4-2-5-13(11-14)15(12)17;;/h3,6-7,12-15H,2,4-5,8-11,17H2,1H3;2*1H. The number of nitrogens with two attached hydrogens (primary N) is 1. The highest BCUT2D eigenvalue weighted by Gasteiger charge is 2.41. The summed E-state index contributed by atoms with van der Waals surface area (Å²) in [7, 11) is 1.91. The fourth-order valence-corrected chi connectivity index (χ4v) is 4.10. The first-order chi connectivity index (χ1) is 10.1. The van der Waals surface area contributed by atoms with E-state index < -0.39 is 0 Å². The number of aromatic nitrogens is 2. The number of amides is 1. The van der Waals surface area contributed by atoms with Gasteiger partial charge in [0, 0.05) is 37.9 Å². The molecule has 2 saturated carbocycles. The molecule has 2 N–H and O–H groups in total. The lowest BCUT2D eigenvalue weighted by atomic mass is 9.65. The van der Waals surface area contributed by atoms with Crippen LogP contribution in [0.5, 0.6) is 0 Å². The number of hydrogen-bond acceptors (Lipinski definition) is 3. The third-order valence-electron chi connectivity index (χ3n) is 5.36. The number of hydrogen-bond donors (Lipinski definition) is 1. The normalized spacial score (nSPS) is 29.1. The Morgan fingerprint density at radius 3 is 2.52 bits per heavy atom. The molecule has 2 fully saturated rings. The van der Waals surface area contributed by atoms with Crippen LogP contribution in [0.1, 0.15) is 32.1 Å². The number of carbonyl (C=O) groups excluding carboxylic acids is 1. The number of carbonyl (C=O) groups is 1. The van der Waals surface area contributed by atoms with Crippen LogP contribution in [0.15, 0.2) is 18.5 Å². The molecule has 23 heavy (non-hydrogen) atoms. The Kier molecular flexibility index (Phi) is 7.84. The molecule has 2 aliphatic rings. The van der Waals surface area contributed by atoms with Crippen LogP contribution >= 0.6 is 24.8 Å². The van der Waals surface area contributed by atoms with E-state index in [1.54, 1.807) is 6.20 Å². The van der Waals surface area contributed by atoms with Crippen LogP contribution in [0, 0.1) is 17.8 Å². The molecule has 1 aromatic rings. The lowest BCUT2D eigenvalue weighted by Gasteiger charge is -2.44. The predicted octanol–water partition coefficient (Wildman–Crippen LogP) is 2.34. The van der Waals surface area contributed by atoms with Crippen molar-refractivity contribution in [1.29, 1.82) is 0 Å². The Balaban J connectivity index is 0.00000132. The van der Waals surface area contributed by atoms with Crippen molar-refractivity contribution in [3.63, 3.8) is 0 Å². The summed E-state index contributed by atoms with van der Waals surface area (Å²) >= 11 is 0. The lowest BCUT2D eigenvalue weighted by Crippen LogP contribution is -2.49. The molecule has 3 rings (SSSR count). The molecule has 132 valence electrons. The summed E-state index contributed by atoms with van der Waals surface area (Å²) in [6.45, 7) is 1.48. The zero-order valence-corrected chi connectivity index (χ0v) is 15.3. The summed E-state index contributed by atoms with van der Waals surface area (Å²) in [6, 6.07) is 2.24. The predicted molar refractivity (Wildman–Crippen MR) is 95.9 cm³/mol. The SMILES string of the molecule is CN(CCn1cccn1)C(=O)C1CC2CCCC(C1)C2N.Cl.Cl.